The standard InChI is InChI=1S/C11H12BrClN4/c1-7(14-2)9-6-10(12)16-17(9)11-8(13)4-3-5-15-11/h3-7,14H,1-2H3. The summed E-state index contributed by atoms with van der Waals surface area (Å²) >= 11 is 9.50. The Labute approximate surface area is 113 Å². The van der Waals surface area contributed by atoms with E-state index >= 15 is 0 Å². The number of hydrogen-bond donors (Lipinski definition) is 1. The van der Waals surface area contributed by atoms with E-state index < -0.39 is 0 Å². The second-order valence-corrected chi connectivity index (χ2v) is 4.84. The van der Waals surface area contributed by atoms with Crippen LogP contribution in [0.5, 0.6) is 0 Å². The molecule has 1 unspecified atom stereocenters. The lowest BCUT2D eigenvalue weighted by Gasteiger charge is -2.13. The Kier molecular flexibility index (Phi) is 3.81. The van der Waals surface area contributed by atoms with Gasteiger partial charge in [0.2, 0.25) is 0 Å². The van der Waals surface area contributed by atoms with Crippen molar-refractivity contribution in [2.75, 3.05) is 7.05 Å². The van der Waals surface area contributed by atoms with E-state index in [0.717, 1.165) is 10.3 Å². The van der Waals surface area contributed by atoms with Crippen molar-refractivity contribution in [3.63, 3.8) is 0 Å². The summed E-state index contributed by atoms with van der Waals surface area (Å²) in [6.45, 7) is 2.05. The molecule has 6 heteroatoms. The summed E-state index contributed by atoms with van der Waals surface area (Å²) in [7, 11) is 1.90. The van der Waals surface area contributed by atoms with Gasteiger partial charge in [-0.25, -0.2) is 9.67 Å². The minimum absolute atomic E-state index is 0.159. The van der Waals surface area contributed by atoms with Crippen molar-refractivity contribution >= 4 is 27.5 Å². The largest absolute Gasteiger partial charge is 0.312 e. The van der Waals surface area contributed by atoms with Crippen molar-refractivity contribution in [2.24, 2.45) is 0 Å². The van der Waals surface area contributed by atoms with Crippen LogP contribution in [0.4, 0.5) is 0 Å². The van der Waals surface area contributed by atoms with Gasteiger partial charge in [0.05, 0.1) is 10.7 Å². The first kappa shape index (κ1) is 12.5. The van der Waals surface area contributed by atoms with E-state index in [4.69, 9.17) is 11.6 Å². The average Bonchev–Trinajstić information content (AvgIpc) is 2.71. The summed E-state index contributed by atoms with van der Waals surface area (Å²) in [4.78, 5) is 4.26. The van der Waals surface area contributed by atoms with Crippen LogP contribution in [0.1, 0.15) is 18.7 Å². The van der Waals surface area contributed by atoms with Crippen LogP contribution in [-0.2, 0) is 0 Å². The minimum atomic E-state index is 0.159. The average molecular weight is 316 g/mol. The van der Waals surface area contributed by atoms with Crippen molar-refractivity contribution in [1.29, 1.82) is 0 Å². The molecule has 0 spiro atoms. The van der Waals surface area contributed by atoms with Gasteiger partial charge in [-0.1, -0.05) is 11.6 Å². The molecule has 0 aliphatic rings. The van der Waals surface area contributed by atoms with E-state index in [0.29, 0.717) is 10.8 Å². The van der Waals surface area contributed by atoms with Crippen LogP contribution in [0, 0.1) is 0 Å². The summed E-state index contributed by atoms with van der Waals surface area (Å²) in [6, 6.07) is 5.71. The maximum Gasteiger partial charge on any atom is 0.172 e. The molecule has 17 heavy (non-hydrogen) atoms. The molecule has 0 bridgehead atoms. The smallest absolute Gasteiger partial charge is 0.172 e. The van der Waals surface area contributed by atoms with Crippen molar-refractivity contribution < 1.29 is 0 Å². The Morgan fingerprint density at radius 1 is 1.53 bits per heavy atom. The summed E-state index contributed by atoms with van der Waals surface area (Å²) in [5.74, 6) is 0.636. The summed E-state index contributed by atoms with van der Waals surface area (Å²) in [6.07, 6.45) is 1.70. The first-order chi connectivity index (χ1) is 8.13. The van der Waals surface area contributed by atoms with E-state index in [1.807, 2.05) is 13.1 Å². The first-order valence-electron chi connectivity index (χ1n) is 5.17. The summed E-state index contributed by atoms with van der Waals surface area (Å²) in [5.41, 5.74) is 1.000. The van der Waals surface area contributed by atoms with E-state index in [2.05, 4.69) is 38.3 Å². The third-order valence-corrected chi connectivity index (χ3v) is 3.21. The maximum atomic E-state index is 6.13. The van der Waals surface area contributed by atoms with E-state index in [1.165, 1.54) is 0 Å². The zero-order valence-corrected chi connectivity index (χ0v) is 11.8. The van der Waals surface area contributed by atoms with Crippen LogP contribution in [0.15, 0.2) is 29.0 Å². The summed E-state index contributed by atoms with van der Waals surface area (Å²) < 4.78 is 2.50. The number of aromatic nitrogens is 3. The lowest BCUT2D eigenvalue weighted by Crippen LogP contribution is -2.17. The Morgan fingerprint density at radius 2 is 2.29 bits per heavy atom. The molecule has 1 N–H and O–H groups in total. The first-order valence-corrected chi connectivity index (χ1v) is 6.34. The number of hydrogen-bond acceptors (Lipinski definition) is 3. The van der Waals surface area contributed by atoms with E-state index in [9.17, 15) is 0 Å². The zero-order chi connectivity index (χ0) is 12.4. The highest BCUT2D eigenvalue weighted by Gasteiger charge is 2.15. The van der Waals surface area contributed by atoms with Crippen LogP contribution in [0.25, 0.3) is 5.82 Å². The molecule has 0 radical (unpaired) electrons. The maximum absolute atomic E-state index is 6.13. The topological polar surface area (TPSA) is 42.7 Å². The highest BCUT2D eigenvalue weighted by Crippen LogP contribution is 2.24. The van der Waals surface area contributed by atoms with E-state index in [1.54, 1.807) is 23.0 Å². The fraction of sp³-hybridized carbons (Fsp3) is 0.273. The Balaban J connectivity index is 2.56. The molecule has 0 saturated heterocycles. The molecule has 0 saturated carbocycles. The van der Waals surface area contributed by atoms with Crippen molar-refractivity contribution in [3.05, 3.63) is 39.7 Å². The van der Waals surface area contributed by atoms with Crippen LogP contribution in [0.3, 0.4) is 0 Å². The molecule has 2 aromatic rings. The highest BCUT2D eigenvalue weighted by atomic mass is 79.9. The van der Waals surface area contributed by atoms with Crippen LogP contribution in [0.2, 0.25) is 5.02 Å². The normalized spacial score (nSPS) is 12.7. The quantitative estimate of drug-likeness (QED) is 0.947. The van der Waals surface area contributed by atoms with Gasteiger partial charge in [-0.05, 0) is 48.1 Å². The molecule has 2 aromatic heterocycles. The van der Waals surface area contributed by atoms with Crippen LogP contribution >= 0.6 is 27.5 Å². The predicted octanol–water partition coefficient (Wildman–Crippen LogP) is 2.96. The third-order valence-electron chi connectivity index (χ3n) is 2.52. The molecule has 4 nitrogen and oxygen atoms in total. The molecule has 0 amide bonds. The van der Waals surface area contributed by atoms with Gasteiger partial charge < -0.3 is 5.32 Å². The predicted molar refractivity (Wildman–Crippen MR) is 71.5 cm³/mol. The Bertz CT molecular complexity index is 526. The van der Waals surface area contributed by atoms with Gasteiger partial charge in [-0.15, -0.1) is 0 Å². The highest BCUT2D eigenvalue weighted by molar-refractivity contribution is 9.10. The minimum Gasteiger partial charge on any atom is -0.312 e. The van der Waals surface area contributed by atoms with Crippen LogP contribution < -0.4 is 5.32 Å². The molecule has 0 aromatic carbocycles. The van der Waals surface area contributed by atoms with Gasteiger partial charge in [0.1, 0.15) is 4.60 Å². The lowest BCUT2D eigenvalue weighted by atomic mass is 10.2. The third kappa shape index (κ3) is 2.51. The Morgan fingerprint density at radius 3 is 2.94 bits per heavy atom. The molecule has 2 heterocycles. The van der Waals surface area contributed by atoms with Gasteiger partial charge in [-0.2, -0.15) is 5.10 Å². The monoisotopic (exact) mass is 314 g/mol. The molecule has 90 valence electrons. The molecule has 0 aliphatic heterocycles. The fourth-order valence-corrected chi connectivity index (χ4v) is 2.12. The lowest BCUT2D eigenvalue weighted by molar-refractivity contribution is 0.601. The van der Waals surface area contributed by atoms with E-state index in [-0.39, 0.29) is 6.04 Å². The second kappa shape index (κ2) is 5.16. The van der Waals surface area contributed by atoms with Crippen LogP contribution in [-0.4, -0.2) is 21.8 Å². The SMILES string of the molecule is CNC(C)c1cc(Br)nn1-c1ncccc1Cl. The number of nitrogens with one attached hydrogen (secondary N) is 1. The Hall–Kier alpha value is -0.910. The molecular formula is C11H12BrClN4. The van der Waals surface area contributed by atoms with Crippen molar-refractivity contribution in [2.45, 2.75) is 13.0 Å². The zero-order valence-electron chi connectivity index (χ0n) is 9.48. The van der Waals surface area contributed by atoms with Gasteiger partial charge in [0.25, 0.3) is 0 Å². The van der Waals surface area contributed by atoms with Gasteiger partial charge in [0, 0.05) is 12.2 Å². The summed E-state index contributed by atoms with van der Waals surface area (Å²) in [5, 5.41) is 8.11. The van der Waals surface area contributed by atoms with Gasteiger partial charge >= 0.3 is 0 Å². The second-order valence-electron chi connectivity index (χ2n) is 3.62. The number of halogens is 2. The van der Waals surface area contributed by atoms with Gasteiger partial charge in [-0.3, -0.25) is 0 Å². The van der Waals surface area contributed by atoms with Crippen molar-refractivity contribution in [3.8, 4) is 5.82 Å². The fourth-order valence-electron chi connectivity index (χ4n) is 1.52. The number of nitrogens with zero attached hydrogens (tertiary/aromatic N) is 3. The molecular weight excluding hydrogens is 304 g/mol. The number of rotatable bonds is 3. The molecule has 2 rings (SSSR count). The molecule has 1 atom stereocenters. The number of pyridine rings is 1. The molecule has 0 aliphatic carbocycles. The molecule has 0 fully saturated rings. The van der Waals surface area contributed by atoms with Crippen molar-refractivity contribution in [1.82, 2.24) is 20.1 Å². The van der Waals surface area contributed by atoms with Gasteiger partial charge in [0.15, 0.2) is 5.82 Å².